The number of halogens is 1. The van der Waals surface area contributed by atoms with E-state index in [2.05, 4.69) is 23.2 Å². The van der Waals surface area contributed by atoms with Gasteiger partial charge in [0.1, 0.15) is 0 Å². The summed E-state index contributed by atoms with van der Waals surface area (Å²) in [5.41, 5.74) is 2.32. The molecule has 1 N–H and O–H groups in total. The number of carbonyl (C=O) groups excluding carboxylic acids is 1. The van der Waals surface area contributed by atoms with E-state index in [-0.39, 0.29) is 11.9 Å². The van der Waals surface area contributed by atoms with Crippen LogP contribution in [0.2, 0.25) is 5.02 Å². The predicted molar refractivity (Wildman–Crippen MR) is 112 cm³/mol. The Morgan fingerprint density at radius 2 is 1.79 bits per heavy atom. The summed E-state index contributed by atoms with van der Waals surface area (Å²) in [6.45, 7) is 6.78. The molecule has 1 fully saturated rings. The van der Waals surface area contributed by atoms with Crippen LogP contribution in [0.4, 0.5) is 0 Å². The van der Waals surface area contributed by atoms with Gasteiger partial charge in [-0.3, -0.25) is 9.69 Å². The third-order valence-corrected chi connectivity index (χ3v) is 5.75. The second kappa shape index (κ2) is 9.03. The molecule has 0 aromatic heterocycles. The summed E-state index contributed by atoms with van der Waals surface area (Å²) in [5, 5.41) is 4.03. The van der Waals surface area contributed by atoms with Crippen LogP contribution in [0, 0.1) is 0 Å². The highest BCUT2D eigenvalue weighted by Crippen LogP contribution is 2.32. The van der Waals surface area contributed by atoms with Gasteiger partial charge in [0.05, 0.1) is 6.54 Å². The van der Waals surface area contributed by atoms with Gasteiger partial charge in [-0.1, -0.05) is 29.8 Å². The highest BCUT2D eigenvalue weighted by atomic mass is 35.5. The van der Waals surface area contributed by atoms with Gasteiger partial charge in [-0.2, -0.15) is 0 Å². The molecule has 154 valence electrons. The fourth-order valence-corrected chi connectivity index (χ4v) is 3.80. The van der Waals surface area contributed by atoms with Crippen LogP contribution in [0.5, 0.6) is 11.5 Å². The van der Waals surface area contributed by atoms with Crippen molar-refractivity contribution >= 4 is 17.5 Å². The third kappa shape index (κ3) is 5.01. The first kappa shape index (κ1) is 20.0. The molecule has 2 aromatic carbocycles. The molecule has 0 radical (unpaired) electrons. The highest BCUT2D eigenvalue weighted by molar-refractivity contribution is 6.30. The number of carbonyl (C=O) groups is 1. The van der Waals surface area contributed by atoms with E-state index in [9.17, 15) is 4.79 Å². The average Bonchev–Trinajstić information content (AvgIpc) is 3.21. The molecule has 0 saturated carbocycles. The summed E-state index contributed by atoms with van der Waals surface area (Å²) in [5.74, 6) is 1.77. The zero-order valence-corrected chi connectivity index (χ0v) is 17.3. The van der Waals surface area contributed by atoms with Crippen LogP contribution in [-0.4, -0.2) is 55.2 Å². The number of nitrogens with zero attached hydrogens (tertiary/aromatic N) is 2. The van der Waals surface area contributed by atoms with Crippen molar-refractivity contribution in [3.05, 3.63) is 58.6 Å². The van der Waals surface area contributed by atoms with Gasteiger partial charge in [0.2, 0.25) is 12.7 Å². The maximum atomic E-state index is 12.6. The van der Waals surface area contributed by atoms with Gasteiger partial charge in [-0.25, -0.2) is 0 Å². The normalized spacial score (nSPS) is 17.4. The first-order valence-electron chi connectivity index (χ1n) is 9.96. The van der Waals surface area contributed by atoms with Gasteiger partial charge < -0.3 is 19.7 Å². The van der Waals surface area contributed by atoms with Gasteiger partial charge in [-0.15, -0.1) is 0 Å². The summed E-state index contributed by atoms with van der Waals surface area (Å²) >= 11 is 5.94. The van der Waals surface area contributed by atoms with Crippen molar-refractivity contribution in [1.82, 2.24) is 15.1 Å². The summed E-state index contributed by atoms with van der Waals surface area (Å²) in [6.07, 6.45) is 0. The molecule has 2 heterocycles. The van der Waals surface area contributed by atoms with Crippen molar-refractivity contribution in [3.63, 3.8) is 0 Å². The van der Waals surface area contributed by atoms with Gasteiger partial charge >= 0.3 is 0 Å². The lowest BCUT2D eigenvalue weighted by atomic mass is 10.1. The minimum Gasteiger partial charge on any atom is -0.454 e. The number of fused-ring (bicyclic) bond motifs is 1. The summed E-state index contributed by atoms with van der Waals surface area (Å²) in [6, 6.07) is 13.9. The van der Waals surface area contributed by atoms with E-state index in [1.165, 1.54) is 5.56 Å². The Kier molecular flexibility index (Phi) is 6.23. The molecule has 2 aromatic rings. The monoisotopic (exact) mass is 415 g/mol. The van der Waals surface area contributed by atoms with Crippen LogP contribution in [0.15, 0.2) is 42.5 Å². The van der Waals surface area contributed by atoms with Crippen molar-refractivity contribution < 1.29 is 14.3 Å². The number of nitrogens with one attached hydrogen (secondary N) is 1. The summed E-state index contributed by atoms with van der Waals surface area (Å²) < 4.78 is 10.8. The molecule has 0 aliphatic carbocycles. The molecule has 0 unspecified atom stereocenters. The number of hydrogen-bond acceptors (Lipinski definition) is 5. The molecule has 2 aliphatic rings. The van der Waals surface area contributed by atoms with E-state index in [1.807, 2.05) is 41.3 Å². The maximum Gasteiger partial charge on any atom is 0.236 e. The Hall–Kier alpha value is -2.28. The molecule has 1 saturated heterocycles. The smallest absolute Gasteiger partial charge is 0.236 e. The average molecular weight is 416 g/mol. The fraction of sp³-hybridized carbons (Fsp3) is 0.409. The van der Waals surface area contributed by atoms with Crippen LogP contribution < -0.4 is 14.8 Å². The largest absolute Gasteiger partial charge is 0.454 e. The quantitative estimate of drug-likeness (QED) is 0.785. The highest BCUT2D eigenvalue weighted by Gasteiger charge is 2.22. The van der Waals surface area contributed by atoms with Crippen molar-refractivity contribution in [3.8, 4) is 11.5 Å². The van der Waals surface area contributed by atoms with Crippen molar-refractivity contribution in [2.45, 2.75) is 19.5 Å². The van der Waals surface area contributed by atoms with Crippen LogP contribution in [0.3, 0.4) is 0 Å². The molecule has 0 spiro atoms. The van der Waals surface area contributed by atoms with Crippen LogP contribution in [0.1, 0.15) is 24.1 Å². The lowest BCUT2D eigenvalue weighted by molar-refractivity contribution is -0.132. The molecule has 2 aliphatic heterocycles. The van der Waals surface area contributed by atoms with Crippen molar-refractivity contribution in [2.24, 2.45) is 0 Å². The minimum atomic E-state index is 0.100. The first-order valence-corrected chi connectivity index (χ1v) is 10.3. The van der Waals surface area contributed by atoms with E-state index < -0.39 is 0 Å². The van der Waals surface area contributed by atoms with E-state index in [0.717, 1.165) is 54.8 Å². The Labute approximate surface area is 176 Å². The lowest BCUT2D eigenvalue weighted by Gasteiger charge is -2.35. The zero-order chi connectivity index (χ0) is 20.2. The minimum absolute atomic E-state index is 0.100. The Morgan fingerprint density at radius 3 is 2.55 bits per heavy atom. The van der Waals surface area contributed by atoms with Crippen LogP contribution in [-0.2, 0) is 11.3 Å². The van der Waals surface area contributed by atoms with Gasteiger partial charge in [0, 0.05) is 43.8 Å². The van der Waals surface area contributed by atoms with Gasteiger partial charge in [0.25, 0.3) is 0 Å². The zero-order valence-electron chi connectivity index (χ0n) is 16.6. The topological polar surface area (TPSA) is 54.0 Å². The second-order valence-corrected chi connectivity index (χ2v) is 7.94. The van der Waals surface area contributed by atoms with Gasteiger partial charge in [-0.05, 0) is 42.3 Å². The second-order valence-electron chi connectivity index (χ2n) is 7.50. The molecular formula is C22H26ClN3O3. The molecule has 6 nitrogen and oxygen atoms in total. The number of amides is 1. The van der Waals surface area contributed by atoms with E-state index >= 15 is 0 Å². The number of hydrogen-bond donors (Lipinski definition) is 1. The molecule has 0 bridgehead atoms. The van der Waals surface area contributed by atoms with Crippen molar-refractivity contribution in [2.75, 3.05) is 39.5 Å². The number of rotatable bonds is 6. The third-order valence-electron chi connectivity index (χ3n) is 5.50. The van der Waals surface area contributed by atoms with Gasteiger partial charge in [0.15, 0.2) is 11.5 Å². The van der Waals surface area contributed by atoms with E-state index in [4.69, 9.17) is 21.1 Å². The lowest BCUT2D eigenvalue weighted by Crippen LogP contribution is -2.50. The first-order chi connectivity index (χ1) is 14.1. The molecule has 29 heavy (non-hydrogen) atoms. The van der Waals surface area contributed by atoms with E-state index in [0.29, 0.717) is 13.3 Å². The molecular weight excluding hydrogens is 390 g/mol. The van der Waals surface area contributed by atoms with Crippen LogP contribution in [0.25, 0.3) is 0 Å². The SMILES string of the molecule is C[C@H](NCC(=O)N1CCN(Cc2ccc3c(c2)OCO3)CC1)c1ccc(Cl)cc1. The summed E-state index contributed by atoms with van der Waals surface area (Å²) in [4.78, 5) is 16.9. The molecule has 7 heteroatoms. The maximum absolute atomic E-state index is 12.6. The Morgan fingerprint density at radius 1 is 1.07 bits per heavy atom. The molecule has 1 amide bonds. The number of ether oxygens (including phenoxy) is 2. The number of benzene rings is 2. The summed E-state index contributed by atoms with van der Waals surface area (Å²) in [7, 11) is 0. The molecule has 1 atom stereocenters. The van der Waals surface area contributed by atoms with Crippen molar-refractivity contribution in [1.29, 1.82) is 0 Å². The van der Waals surface area contributed by atoms with E-state index in [1.54, 1.807) is 0 Å². The van der Waals surface area contributed by atoms with Crippen LogP contribution >= 0.6 is 11.6 Å². The Balaban J connectivity index is 1.21. The number of piperazine rings is 1. The molecule has 4 rings (SSSR count). The predicted octanol–water partition coefficient (Wildman–Crippen LogP) is 3.06. The standard InChI is InChI=1S/C22H26ClN3O3/c1-16(18-3-5-19(23)6-4-18)24-13-22(27)26-10-8-25(9-11-26)14-17-2-7-20-21(12-17)29-15-28-20/h2-7,12,16,24H,8-11,13-15H2,1H3/t16-/m0/s1. The fourth-order valence-electron chi connectivity index (χ4n) is 3.67. The Bertz CT molecular complexity index is 851.